The third kappa shape index (κ3) is 3.72. The van der Waals surface area contributed by atoms with Gasteiger partial charge in [-0.2, -0.15) is 0 Å². The van der Waals surface area contributed by atoms with E-state index in [2.05, 4.69) is 4.98 Å². The molecule has 1 atom stereocenters. The van der Waals surface area contributed by atoms with Gasteiger partial charge in [-0.1, -0.05) is 31.2 Å². The van der Waals surface area contributed by atoms with Gasteiger partial charge in [0, 0.05) is 19.5 Å². The van der Waals surface area contributed by atoms with E-state index in [-0.39, 0.29) is 24.9 Å². The second-order valence-electron chi connectivity index (χ2n) is 8.42. The number of hydrogen-bond donors (Lipinski definition) is 0. The third-order valence-corrected chi connectivity index (χ3v) is 6.36. The quantitative estimate of drug-likeness (QED) is 0.634. The number of fused-ring (bicyclic) bond motifs is 2. The molecule has 2 amide bonds. The lowest BCUT2D eigenvalue weighted by atomic mass is 10.1. The summed E-state index contributed by atoms with van der Waals surface area (Å²) in [7, 11) is 0. The normalized spacial score (nSPS) is 18.3. The van der Waals surface area contributed by atoms with Crippen molar-refractivity contribution < 1.29 is 14.3 Å². The van der Waals surface area contributed by atoms with Crippen LogP contribution in [0.15, 0.2) is 48.5 Å². The van der Waals surface area contributed by atoms with Crippen LogP contribution in [0.3, 0.4) is 0 Å². The number of amides is 2. The SMILES string of the molecule is CCc1nc2ccccc2n1CC(=O)N1C[C@@H](C(=O)N2CCCCC2)Oc2ccccc21. The molecule has 166 valence electrons. The Balaban J connectivity index is 1.44. The predicted octanol–water partition coefficient (Wildman–Crippen LogP) is 3.41. The molecule has 7 heteroatoms. The molecule has 0 N–H and O–H groups in total. The van der Waals surface area contributed by atoms with E-state index < -0.39 is 6.10 Å². The Morgan fingerprint density at radius 1 is 1.03 bits per heavy atom. The first-order chi connectivity index (χ1) is 15.7. The monoisotopic (exact) mass is 432 g/mol. The fraction of sp³-hybridized carbons (Fsp3) is 0.400. The van der Waals surface area contributed by atoms with E-state index >= 15 is 0 Å². The molecule has 0 aliphatic carbocycles. The molecule has 2 aromatic carbocycles. The molecule has 0 spiro atoms. The second kappa shape index (κ2) is 8.65. The van der Waals surface area contributed by atoms with E-state index in [4.69, 9.17) is 4.74 Å². The first-order valence-corrected chi connectivity index (χ1v) is 11.4. The van der Waals surface area contributed by atoms with Crippen LogP contribution in [0.4, 0.5) is 5.69 Å². The summed E-state index contributed by atoms with van der Waals surface area (Å²) < 4.78 is 8.06. The lowest BCUT2D eigenvalue weighted by Crippen LogP contribution is -2.53. The maximum absolute atomic E-state index is 13.6. The van der Waals surface area contributed by atoms with Crippen molar-refractivity contribution in [2.45, 2.75) is 45.3 Å². The van der Waals surface area contributed by atoms with Gasteiger partial charge < -0.3 is 19.1 Å². The van der Waals surface area contributed by atoms with Crippen LogP contribution in [-0.2, 0) is 22.6 Å². The molecular formula is C25H28N4O3. The molecule has 7 nitrogen and oxygen atoms in total. The standard InChI is InChI=1S/C25H28N4O3/c1-2-23-26-18-10-4-5-11-19(18)28(23)17-24(30)29-16-22(25(31)27-14-8-3-9-15-27)32-21-13-7-6-12-20(21)29/h4-7,10-13,22H,2-3,8-9,14-17H2,1H3/t22-/m0/s1. The zero-order valence-electron chi connectivity index (χ0n) is 18.4. The predicted molar refractivity (Wildman–Crippen MR) is 123 cm³/mol. The summed E-state index contributed by atoms with van der Waals surface area (Å²) in [5, 5.41) is 0. The Morgan fingerprint density at radius 3 is 2.59 bits per heavy atom. The summed E-state index contributed by atoms with van der Waals surface area (Å²) in [4.78, 5) is 35.0. The van der Waals surface area contributed by atoms with E-state index in [1.165, 1.54) is 0 Å². The summed E-state index contributed by atoms with van der Waals surface area (Å²) >= 11 is 0. The summed E-state index contributed by atoms with van der Waals surface area (Å²) in [6, 6.07) is 15.3. The zero-order chi connectivity index (χ0) is 22.1. The average molecular weight is 433 g/mol. The van der Waals surface area contributed by atoms with Gasteiger partial charge in [-0.15, -0.1) is 0 Å². The van der Waals surface area contributed by atoms with Gasteiger partial charge in [0.15, 0.2) is 6.10 Å². The lowest BCUT2D eigenvalue weighted by molar-refractivity contribution is -0.139. The third-order valence-electron chi connectivity index (χ3n) is 6.36. The van der Waals surface area contributed by atoms with Crippen LogP contribution in [0.5, 0.6) is 5.75 Å². The second-order valence-corrected chi connectivity index (χ2v) is 8.42. The zero-order valence-corrected chi connectivity index (χ0v) is 18.4. The van der Waals surface area contributed by atoms with Gasteiger partial charge in [0.1, 0.15) is 18.1 Å². The van der Waals surface area contributed by atoms with Gasteiger partial charge in [-0.25, -0.2) is 4.98 Å². The molecule has 1 aromatic heterocycles. The van der Waals surface area contributed by atoms with Gasteiger partial charge in [-0.3, -0.25) is 9.59 Å². The molecule has 3 aromatic rings. The topological polar surface area (TPSA) is 67.7 Å². The summed E-state index contributed by atoms with van der Waals surface area (Å²) in [6.07, 6.45) is 3.24. The van der Waals surface area contributed by atoms with Crippen LogP contribution in [0.1, 0.15) is 32.0 Å². The molecule has 2 aliphatic heterocycles. The number of aromatic nitrogens is 2. The fourth-order valence-electron chi connectivity index (χ4n) is 4.71. The molecule has 0 radical (unpaired) electrons. The number of rotatable bonds is 4. The van der Waals surface area contributed by atoms with Crippen molar-refractivity contribution in [3.8, 4) is 5.75 Å². The largest absolute Gasteiger partial charge is 0.476 e. The summed E-state index contributed by atoms with van der Waals surface area (Å²) in [5.74, 6) is 1.35. The van der Waals surface area contributed by atoms with Crippen molar-refractivity contribution in [2.24, 2.45) is 0 Å². The molecule has 0 bridgehead atoms. The number of carbonyl (C=O) groups is 2. The Hall–Kier alpha value is -3.35. The van der Waals surface area contributed by atoms with Gasteiger partial charge >= 0.3 is 0 Å². The van der Waals surface area contributed by atoms with Crippen molar-refractivity contribution in [2.75, 3.05) is 24.5 Å². The van der Waals surface area contributed by atoms with E-state index in [1.807, 2.05) is 64.9 Å². The highest BCUT2D eigenvalue weighted by Gasteiger charge is 2.36. The molecule has 1 fully saturated rings. The Bertz CT molecular complexity index is 1150. The summed E-state index contributed by atoms with van der Waals surface area (Å²) in [5.41, 5.74) is 2.54. The number of benzene rings is 2. The minimum absolute atomic E-state index is 0.0284. The molecule has 2 aliphatic rings. The van der Waals surface area contributed by atoms with Gasteiger partial charge in [0.25, 0.3) is 5.91 Å². The van der Waals surface area contributed by atoms with Crippen molar-refractivity contribution in [1.82, 2.24) is 14.5 Å². The first-order valence-electron chi connectivity index (χ1n) is 11.4. The van der Waals surface area contributed by atoms with Gasteiger partial charge in [0.2, 0.25) is 5.91 Å². The Labute approximate surface area is 187 Å². The first kappa shape index (κ1) is 20.5. The van der Waals surface area contributed by atoms with E-state index in [0.717, 1.165) is 55.6 Å². The van der Waals surface area contributed by atoms with E-state index in [9.17, 15) is 9.59 Å². The van der Waals surface area contributed by atoms with E-state index in [0.29, 0.717) is 11.4 Å². The smallest absolute Gasteiger partial charge is 0.265 e. The molecule has 0 unspecified atom stereocenters. The van der Waals surface area contributed by atoms with Crippen molar-refractivity contribution in [3.63, 3.8) is 0 Å². The Morgan fingerprint density at radius 2 is 1.78 bits per heavy atom. The van der Waals surface area contributed by atoms with Crippen LogP contribution < -0.4 is 9.64 Å². The molecule has 5 rings (SSSR count). The van der Waals surface area contributed by atoms with Crippen molar-refractivity contribution >= 4 is 28.5 Å². The minimum Gasteiger partial charge on any atom is -0.476 e. The number of nitrogens with zero attached hydrogens (tertiary/aromatic N) is 4. The molecule has 0 saturated carbocycles. The Kier molecular flexibility index (Phi) is 5.55. The molecule has 3 heterocycles. The van der Waals surface area contributed by atoms with Crippen LogP contribution in [-0.4, -0.2) is 52.0 Å². The summed E-state index contributed by atoms with van der Waals surface area (Å²) in [6.45, 7) is 3.95. The fourth-order valence-corrected chi connectivity index (χ4v) is 4.71. The molecule has 32 heavy (non-hydrogen) atoms. The van der Waals surface area contributed by atoms with Crippen LogP contribution in [0.25, 0.3) is 11.0 Å². The maximum atomic E-state index is 13.6. The van der Waals surface area contributed by atoms with Crippen molar-refractivity contribution in [3.05, 3.63) is 54.4 Å². The van der Waals surface area contributed by atoms with Crippen LogP contribution in [0, 0.1) is 0 Å². The van der Waals surface area contributed by atoms with Crippen LogP contribution >= 0.6 is 0 Å². The van der Waals surface area contributed by atoms with E-state index in [1.54, 1.807) is 4.90 Å². The van der Waals surface area contributed by atoms with Gasteiger partial charge in [0.05, 0.1) is 23.3 Å². The number of ether oxygens (including phenoxy) is 1. The molecule has 1 saturated heterocycles. The molecular weight excluding hydrogens is 404 g/mol. The highest BCUT2D eigenvalue weighted by molar-refractivity contribution is 5.97. The maximum Gasteiger partial charge on any atom is 0.265 e. The number of likely N-dealkylation sites (tertiary alicyclic amines) is 1. The number of piperidine rings is 1. The number of hydrogen-bond acceptors (Lipinski definition) is 4. The lowest BCUT2D eigenvalue weighted by Gasteiger charge is -2.37. The average Bonchev–Trinajstić information content (AvgIpc) is 3.20. The highest BCUT2D eigenvalue weighted by atomic mass is 16.5. The number of para-hydroxylation sites is 4. The number of aryl methyl sites for hydroxylation is 1. The number of carbonyl (C=O) groups excluding carboxylic acids is 2. The van der Waals surface area contributed by atoms with Crippen LogP contribution in [0.2, 0.25) is 0 Å². The number of anilines is 1. The minimum atomic E-state index is -0.683. The van der Waals surface area contributed by atoms with Crippen molar-refractivity contribution in [1.29, 1.82) is 0 Å². The number of imidazole rings is 1. The highest BCUT2D eigenvalue weighted by Crippen LogP contribution is 2.34. The van der Waals surface area contributed by atoms with Gasteiger partial charge in [-0.05, 0) is 43.5 Å².